The maximum absolute atomic E-state index is 12.0. The molecule has 0 fully saturated rings. The first-order chi connectivity index (χ1) is 9.13. The van der Waals surface area contributed by atoms with Gasteiger partial charge in [0.1, 0.15) is 9.71 Å². The second-order valence-corrected chi connectivity index (χ2v) is 5.21. The molecule has 1 amide bonds. The van der Waals surface area contributed by atoms with E-state index in [1.165, 1.54) is 11.3 Å². The van der Waals surface area contributed by atoms with Gasteiger partial charge < -0.3 is 11.1 Å². The highest BCUT2D eigenvalue weighted by atomic mass is 32.1. The molecule has 0 bridgehead atoms. The van der Waals surface area contributed by atoms with E-state index < -0.39 is 0 Å². The lowest BCUT2D eigenvalue weighted by Crippen LogP contribution is -2.24. The van der Waals surface area contributed by atoms with Crippen LogP contribution < -0.4 is 11.1 Å². The molecule has 3 N–H and O–H groups in total. The number of aryl methyl sites for hydroxylation is 1. The van der Waals surface area contributed by atoms with Crippen molar-refractivity contribution in [3.63, 3.8) is 0 Å². The monoisotopic (exact) mass is 273 g/mol. The molecule has 0 spiro atoms. The number of terminal acetylenes is 1. The summed E-state index contributed by atoms with van der Waals surface area (Å²) in [6.45, 7) is 2.47. The Labute approximate surface area is 116 Å². The Hall–Kier alpha value is -2.06. The number of thiophene rings is 1. The first-order valence-corrected chi connectivity index (χ1v) is 6.82. The van der Waals surface area contributed by atoms with Crippen molar-refractivity contribution >= 4 is 33.1 Å². The molecule has 0 aromatic carbocycles. The highest BCUT2D eigenvalue weighted by Gasteiger charge is 2.16. The standard InChI is InChI=1S/C14H15N3OS/c1-3-4-5-8-16-13(18)12-11(15)10-7-6-9(2)17-14(10)19-12/h1,6-7H,4-5,8,15H2,2H3,(H,16,18). The molecule has 0 aliphatic rings. The van der Waals surface area contributed by atoms with Gasteiger partial charge in [-0.25, -0.2) is 4.98 Å². The average molecular weight is 273 g/mol. The lowest BCUT2D eigenvalue weighted by Gasteiger charge is -2.02. The Bertz CT molecular complexity index is 654. The maximum Gasteiger partial charge on any atom is 0.263 e. The molecule has 0 aliphatic carbocycles. The van der Waals surface area contributed by atoms with Gasteiger partial charge in [0.15, 0.2) is 0 Å². The fourth-order valence-electron chi connectivity index (χ4n) is 1.73. The molecule has 5 heteroatoms. The minimum atomic E-state index is -0.157. The van der Waals surface area contributed by atoms with Gasteiger partial charge >= 0.3 is 0 Å². The molecule has 0 aliphatic heterocycles. The van der Waals surface area contributed by atoms with Crippen molar-refractivity contribution in [2.75, 3.05) is 12.3 Å². The molecule has 2 heterocycles. The molecule has 4 nitrogen and oxygen atoms in total. The highest BCUT2D eigenvalue weighted by Crippen LogP contribution is 2.32. The van der Waals surface area contributed by atoms with Crippen molar-refractivity contribution in [2.24, 2.45) is 0 Å². The normalized spacial score (nSPS) is 10.3. The topological polar surface area (TPSA) is 68.0 Å². The van der Waals surface area contributed by atoms with Crippen LogP contribution in [-0.2, 0) is 0 Å². The molecular weight excluding hydrogens is 258 g/mol. The summed E-state index contributed by atoms with van der Waals surface area (Å²) in [7, 11) is 0. The number of anilines is 1. The molecule has 0 radical (unpaired) electrons. The van der Waals surface area contributed by atoms with E-state index in [9.17, 15) is 4.79 Å². The number of aromatic nitrogens is 1. The van der Waals surface area contributed by atoms with Gasteiger partial charge in [0, 0.05) is 24.0 Å². The number of hydrogen-bond donors (Lipinski definition) is 2. The van der Waals surface area contributed by atoms with Crippen LogP contribution in [0.5, 0.6) is 0 Å². The highest BCUT2D eigenvalue weighted by molar-refractivity contribution is 7.21. The number of carbonyl (C=O) groups excluding carboxylic acids is 1. The van der Waals surface area contributed by atoms with Crippen LogP contribution in [0.1, 0.15) is 28.2 Å². The van der Waals surface area contributed by atoms with Gasteiger partial charge in [0.25, 0.3) is 5.91 Å². The number of nitrogens with one attached hydrogen (secondary N) is 1. The summed E-state index contributed by atoms with van der Waals surface area (Å²) in [6, 6.07) is 3.79. The third-order valence-electron chi connectivity index (χ3n) is 2.72. The lowest BCUT2D eigenvalue weighted by molar-refractivity contribution is 0.0958. The summed E-state index contributed by atoms with van der Waals surface area (Å²) in [5.41, 5.74) is 7.41. The summed E-state index contributed by atoms with van der Waals surface area (Å²) >= 11 is 1.32. The Morgan fingerprint density at radius 1 is 1.58 bits per heavy atom. The number of unbranched alkanes of at least 4 members (excludes halogenated alkanes) is 1. The van der Waals surface area contributed by atoms with E-state index in [1.54, 1.807) is 0 Å². The van der Waals surface area contributed by atoms with Crippen molar-refractivity contribution in [1.82, 2.24) is 10.3 Å². The summed E-state index contributed by atoms with van der Waals surface area (Å²) in [6.07, 6.45) is 6.58. The second-order valence-electron chi connectivity index (χ2n) is 4.21. The van der Waals surface area contributed by atoms with Gasteiger partial charge in [0.2, 0.25) is 0 Å². The number of hydrogen-bond acceptors (Lipinski definition) is 4. The van der Waals surface area contributed by atoms with Crippen LogP contribution in [-0.4, -0.2) is 17.4 Å². The van der Waals surface area contributed by atoms with Crippen LogP contribution in [0.15, 0.2) is 12.1 Å². The first-order valence-electron chi connectivity index (χ1n) is 6.00. The van der Waals surface area contributed by atoms with Gasteiger partial charge in [-0.15, -0.1) is 23.7 Å². The number of nitrogens with two attached hydrogens (primary N) is 1. The van der Waals surface area contributed by atoms with Crippen molar-refractivity contribution in [3.05, 3.63) is 22.7 Å². The number of rotatable bonds is 4. The first kappa shape index (κ1) is 13.4. The van der Waals surface area contributed by atoms with Crippen molar-refractivity contribution < 1.29 is 4.79 Å². The second kappa shape index (κ2) is 5.72. The zero-order valence-corrected chi connectivity index (χ0v) is 11.5. The van der Waals surface area contributed by atoms with Crippen molar-refractivity contribution in [2.45, 2.75) is 19.8 Å². The number of pyridine rings is 1. The van der Waals surface area contributed by atoms with Gasteiger partial charge in [-0.3, -0.25) is 4.79 Å². The molecule has 2 aromatic heterocycles. The minimum Gasteiger partial charge on any atom is -0.397 e. The predicted octanol–water partition coefficient (Wildman–Crippen LogP) is 2.33. The van der Waals surface area contributed by atoms with Gasteiger partial charge in [-0.1, -0.05) is 0 Å². The molecule has 2 rings (SSSR count). The van der Waals surface area contributed by atoms with Crippen LogP contribution in [0.2, 0.25) is 0 Å². The molecule has 0 unspecified atom stereocenters. The fourth-order valence-corrected chi connectivity index (χ4v) is 2.79. The minimum absolute atomic E-state index is 0.157. The molecule has 0 saturated carbocycles. The number of carbonyl (C=O) groups is 1. The predicted molar refractivity (Wildman–Crippen MR) is 79.2 cm³/mol. The Kier molecular flexibility index (Phi) is 4.03. The van der Waals surface area contributed by atoms with Crippen LogP contribution in [0.4, 0.5) is 5.69 Å². The lowest BCUT2D eigenvalue weighted by atomic mass is 10.2. The molecule has 0 saturated heterocycles. The van der Waals surface area contributed by atoms with Gasteiger partial charge in [-0.2, -0.15) is 0 Å². The molecule has 2 aromatic rings. The van der Waals surface area contributed by atoms with Crippen molar-refractivity contribution in [3.8, 4) is 12.3 Å². The Balaban J connectivity index is 2.18. The van der Waals surface area contributed by atoms with Crippen LogP contribution in [0.3, 0.4) is 0 Å². The average Bonchev–Trinajstić information content (AvgIpc) is 2.71. The van der Waals surface area contributed by atoms with E-state index >= 15 is 0 Å². The van der Waals surface area contributed by atoms with E-state index in [4.69, 9.17) is 12.2 Å². The smallest absolute Gasteiger partial charge is 0.263 e. The summed E-state index contributed by atoms with van der Waals surface area (Å²) in [4.78, 5) is 17.7. The summed E-state index contributed by atoms with van der Waals surface area (Å²) in [5.74, 6) is 2.38. The van der Waals surface area contributed by atoms with Gasteiger partial charge in [-0.05, 0) is 25.5 Å². The van der Waals surface area contributed by atoms with Crippen LogP contribution in [0.25, 0.3) is 10.2 Å². The summed E-state index contributed by atoms with van der Waals surface area (Å²) < 4.78 is 0. The SMILES string of the molecule is C#CCCCNC(=O)c1sc2nc(C)ccc2c1N. The number of nitrogens with zero attached hydrogens (tertiary/aromatic N) is 1. The Morgan fingerprint density at radius 3 is 3.11 bits per heavy atom. The van der Waals surface area contributed by atoms with E-state index in [1.807, 2.05) is 19.1 Å². The number of nitrogen functional groups attached to an aromatic ring is 1. The van der Waals surface area contributed by atoms with E-state index in [0.717, 1.165) is 22.3 Å². The zero-order chi connectivity index (χ0) is 13.8. The van der Waals surface area contributed by atoms with Crippen molar-refractivity contribution in [1.29, 1.82) is 0 Å². The third-order valence-corrected chi connectivity index (χ3v) is 3.84. The zero-order valence-electron chi connectivity index (χ0n) is 10.7. The van der Waals surface area contributed by atoms with E-state index in [0.29, 0.717) is 23.5 Å². The van der Waals surface area contributed by atoms with E-state index in [2.05, 4.69) is 16.2 Å². The molecule has 19 heavy (non-hydrogen) atoms. The van der Waals surface area contributed by atoms with E-state index in [-0.39, 0.29) is 5.91 Å². The third kappa shape index (κ3) is 2.85. The molecule has 0 atom stereocenters. The number of fused-ring (bicyclic) bond motifs is 1. The maximum atomic E-state index is 12.0. The number of amides is 1. The molecular formula is C14H15N3OS. The quantitative estimate of drug-likeness (QED) is 0.663. The fraction of sp³-hybridized carbons (Fsp3) is 0.286. The van der Waals surface area contributed by atoms with Crippen LogP contribution in [0, 0.1) is 19.3 Å². The summed E-state index contributed by atoms with van der Waals surface area (Å²) in [5, 5.41) is 3.66. The largest absolute Gasteiger partial charge is 0.397 e. The Morgan fingerprint density at radius 2 is 2.37 bits per heavy atom. The molecule has 98 valence electrons. The van der Waals surface area contributed by atoms with Crippen LogP contribution >= 0.6 is 11.3 Å². The van der Waals surface area contributed by atoms with Gasteiger partial charge in [0.05, 0.1) is 5.69 Å².